The van der Waals surface area contributed by atoms with E-state index in [0.29, 0.717) is 12.4 Å². The average molecular weight is 251 g/mol. The minimum Gasteiger partial charge on any atom is -0.481 e. The minimum absolute atomic E-state index is 0.0662. The van der Waals surface area contributed by atoms with Gasteiger partial charge in [0, 0.05) is 25.9 Å². The Bertz CT molecular complexity index is 413. The molecule has 5 nitrogen and oxygen atoms in total. The molecule has 0 aliphatic carbocycles. The predicted molar refractivity (Wildman–Crippen MR) is 70.4 cm³/mol. The zero-order valence-electron chi connectivity index (χ0n) is 11.4. The van der Waals surface area contributed by atoms with Gasteiger partial charge >= 0.3 is 0 Å². The van der Waals surface area contributed by atoms with E-state index in [2.05, 4.69) is 4.98 Å². The molecular formula is C13H21N3O2. The van der Waals surface area contributed by atoms with E-state index in [4.69, 9.17) is 10.5 Å². The van der Waals surface area contributed by atoms with Crippen LogP contribution in [-0.4, -0.2) is 42.0 Å². The van der Waals surface area contributed by atoms with E-state index >= 15 is 0 Å². The highest BCUT2D eigenvalue weighted by molar-refractivity contribution is 5.84. The summed E-state index contributed by atoms with van der Waals surface area (Å²) in [6.45, 7) is 4.04. The third-order valence-electron chi connectivity index (χ3n) is 2.64. The molecule has 0 aromatic carbocycles. The maximum Gasteiger partial charge on any atom is 0.241 e. The number of pyridine rings is 1. The van der Waals surface area contributed by atoms with Crippen LogP contribution in [0, 0.1) is 0 Å². The summed E-state index contributed by atoms with van der Waals surface area (Å²) in [4.78, 5) is 17.6. The van der Waals surface area contributed by atoms with Gasteiger partial charge in [-0.1, -0.05) is 0 Å². The fraction of sp³-hybridized carbons (Fsp3) is 0.538. The number of carbonyl (C=O) groups excluding carboxylic acids is 1. The van der Waals surface area contributed by atoms with Crippen LogP contribution in [0.15, 0.2) is 18.3 Å². The summed E-state index contributed by atoms with van der Waals surface area (Å²) in [6.07, 6.45) is 2.44. The SMILES string of the molecule is COc1cc(CCN(C)C(=O)C(C)(C)N)ccn1. The molecule has 0 atom stereocenters. The number of hydrogen-bond acceptors (Lipinski definition) is 4. The quantitative estimate of drug-likeness (QED) is 0.841. The molecule has 18 heavy (non-hydrogen) atoms. The number of methoxy groups -OCH3 is 1. The molecule has 0 saturated carbocycles. The van der Waals surface area contributed by atoms with Crippen LogP contribution in [-0.2, 0) is 11.2 Å². The zero-order chi connectivity index (χ0) is 13.8. The maximum atomic E-state index is 11.9. The van der Waals surface area contributed by atoms with Crippen molar-refractivity contribution in [2.75, 3.05) is 20.7 Å². The first-order valence-corrected chi connectivity index (χ1v) is 5.88. The number of nitrogens with two attached hydrogens (primary N) is 1. The number of nitrogens with zero attached hydrogens (tertiary/aromatic N) is 2. The number of hydrogen-bond donors (Lipinski definition) is 1. The Balaban J connectivity index is 2.57. The molecule has 0 radical (unpaired) electrons. The second-order valence-electron chi connectivity index (χ2n) is 4.90. The smallest absolute Gasteiger partial charge is 0.241 e. The molecule has 100 valence electrons. The lowest BCUT2D eigenvalue weighted by molar-refractivity contribution is -0.134. The normalized spacial score (nSPS) is 11.2. The van der Waals surface area contributed by atoms with Gasteiger partial charge in [0.15, 0.2) is 0 Å². The average Bonchev–Trinajstić information content (AvgIpc) is 2.34. The van der Waals surface area contributed by atoms with E-state index in [0.717, 1.165) is 12.0 Å². The van der Waals surface area contributed by atoms with Crippen molar-refractivity contribution in [3.05, 3.63) is 23.9 Å². The fourth-order valence-electron chi connectivity index (χ4n) is 1.61. The van der Waals surface area contributed by atoms with Crippen molar-refractivity contribution in [3.8, 4) is 5.88 Å². The highest BCUT2D eigenvalue weighted by Crippen LogP contribution is 2.10. The standard InChI is InChI=1S/C13H21N3O2/c1-13(2,14)12(17)16(3)8-6-10-5-7-15-11(9-10)18-4/h5,7,9H,6,8,14H2,1-4H3. The molecule has 2 N–H and O–H groups in total. The molecule has 0 aliphatic rings. The number of likely N-dealkylation sites (N-methyl/N-ethyl adjacent to an activating group) is 1. The fourth-order valence-corrected chi connectivity index (χ4v) is 1.61. The summed E-state index contributed by atoms with van der Waals surface area (Å²) in [5, 5.41) is 0. The largest absolute Gasteiger partial charge is 0.481 e. The van der Waals surface area contributed by atoms with E-state index in [9.17, 15) is 4.79 Å². The second-order valence-corrected chi connectivity index (χ2v) is 4.90. The lowest BCUT2D eigenvalue weighted by Gasteiger charge is -2.25. The molecule has 1 aromatic rings. The number of carbonyl (C=O) groups is 1. The minimum atomic E-state index is -0.829. The van der Waals surface area contributed by atoms with Crippen LogP contribution in [0.3, 0.4) is 0 Å². The monoisotopic (exact) mass is 251 g/mol. The van der Waals surface area contributed by atoms with Gasteiger partial charge in [0.2, 0.25) is 11.8 Å². The van der Waals surface area contributed by atoms with Crippen LogP contribution in [0.4, 0.5) is 0 Å². The first-order chi connectivity index (χ1) is 8.34. The van der Waals surface area contributed by atoms with E-state index in [1.54, 1.807) is 39.1 Å². The van der Waals surface area contributed by atoms with Crippen molar-refractivity contribution >= 4 is 5.91 Å². The molecule has 0 saturated heterocycles. The summed E-state index contributed by atoms with van der Waals surface area (Å²) in [5.74, 6) is 0.518. The summed E-state index contributed by atoms with van der Waals surface area (Å²) >= 11 is 0. The van der Waals surface area contributed by atoms with Crippen LogP contribution in [0.1, 0.15) is 19.4 Å². The molecule has 0 bridgehead atoms. The van der Waals surface area contributed by atoms with E-state index < -0.39 is 5.54 Å². The molecule has 1 heterocycles. The Hall–Kier alpha value is -1.62. The molecule has 5 heteroatoms. The Morgan fingerprint density at radius 3 is 2.78 bits per heavy atom. The molecule has 0 aliphatic heterocycles. The molecule has 1 amide bonds. The summed E-state index contributed by atoms with van der Waals surface area (Å²) in [6, 6.07) is 3.78. The third kappa shape index (κ3) is 4.00. The topological polar surface area (TPSA) is 68.5 Å². The van der Waals surface area contributed by atoms with Crippen molar-refractivity contribution < 1.29 is 9.53 Å². The summed E-state index contributed by atoms with van der Waals surface area (Å²) in [5.41, 5.74) is 6.02. The molecule has 0 spiro atoms. The van der Waals surface area contributed by atoms with Crippen LogP contribution in [0.25, 0.3) is 0 Å². The van der Waals surface area contributed by atoms with Crippen LogP contribution >= 0.6 is 0 Å². The predicted octanol–water partition coefficient (Wildman–Crippen LogP) is 0.828. The number of rotatable bonds is 5. The molecule has 0 unspecified atom stereocenters. The van der Waals surface area contributed by atoms with Gasteiger partial charge in [-0.05, 0) is 31.9 Å². The highest BCUT2D eigenvalue weighted by Gasteiger charge is 2.25. The summed E-state index contributed by atoms with van der Waals surface area (Å²) < 4.78 is 5.05. The van der Waals surface area contributed by atoms with Crippen LogP contribution in [0.5, 0.6) is 5.88 Å². The highest BCUT2D eigenvalue weighted by atomic mass is 16.5. The van der Waals surface area contributed by atoms with E-state index in [1.165, 1.54) is 0 Å². The number of amides is 1. The lowest BCUT2D eigenvalue weighted by Crippen LogP contribution is -2.50. The van der Waals surface area contributed by atoms with Gasteiger partial charge in [-0.25, -0.2) is 4.98 Å². The Morgan fingerprint density at radius 2 is 2.22 bits per heavy atom. The van der Waals surface area contributed by atoms with Gasteiger partial charge in [-0.15, -0.1) is 0 Å². The Labute approximate surface area is 108 Å². The molecule has 1 aromatic heterocycles. The lowest BCUT2D eigenvalue weighted by atomic mass is 10.1. The Morgan fingerprint density at radius 1 is 1.56 bits per heavy atom. The van der Waals surface area contributed by atoms with Gasteiger partial charge in [0.05, 0.1) is 12.6 Å². The first kappa shape index (κ1) is 14.4. The van der Waals surface area contributed by atoms with Gasteiger partial charge in [0.1, 0.15) is 0 Å². The van der Waals surface area contributed by atoms with Gasteiger partial charge in [-0.2, -0.15) is 0 Å². The van der Waals surface area contributed by atoms with Gasteiger partial charge in [0.25, 0.3) is 0 Å². The third-order valence-corrected chi connectivity index (χ3v) is 2.64. The Kier molecular flexibility index (Phi) is 4.67. The molecule has 1 rings (SSSR count). The maximum absolute atomic E-state index is 11.9. The van der Waals surface area contributed by atoms with E-state index in [-0.39, 0.29) is 5.91 Å². The number of ether oxygens (including phenoxy) is 1. The van der Waals surface area contributed by atoms with Crippen molar-refractivity contribution in [2.24, 2.45) is 5.73 Å². The van der Waals surface area contributed by atoms with Crippen molar-refractivity contribution in [3.63, 3.8) is 0 Å². The van der Waals surface area contributed by atoms with E-state index in [1.807, 2.05) is 12.1 Å². The zero-order valence-corrected chi connectivity index (χ0v) is 11.4. The van der Waals surface area contributed by atoms with Crippen molar-refractivity contribution in [2.45, 2.75) is 25.8 Å². The second kappa shape index (κ2) is 5.82. The first-order valence-electron chi connectivity index (χ1n) is 5.88. The van der Waals surface area contributed by atoms with Crippen molar-refractivity contribution in [1.82, 2.24) is 9.88 Å². The van der Waals surface area contributed by atoms with Crippen LogP contribution < -0.4 is 10.5 Å². The van der Waals surface area contributed by atoms with Crippen molar-refractivity contribution in [1.29, 1.82) is 0 Å². The van der Waals surface area contributed by atoms with Gasteiger partial charge < -0.3 is 15.4 Å². The summed E-state index contributed by atoms with van der Waals surface area (Å²) in [7, 11) is 3.34. The molecule has 0 fully saturated rings. The van der Waals surface area contributed by atoms with Crippen LogP contribution in [0.2, 0.25) is 0 Å². The molecular weight excluding hydrogens is 230 g/mol. The number of aromatic nitrogens is 1. The van der Waals surface area contributed by atoms with Gasteiger partial charge in [-0.3, -0.25) is 4.79 Å².